The van der Waals surface area contributed by atoms with E-state index in [1.165, 1.54) is 18.4 Å². The molecule has 1 aromatic heterocycles. The normalized spacial score (nSPS) is 32.0. The predicted molar refractivity (Wildman–Crippen MR) is 149 cm³/mol. The average Bonchev–Trinajstić information content (AvgIpc) is 3.76. The molecule has 6 fully saturated rings. The van der Waals surface area contributed by atoms with Gasteiger partial charge < -0.3 is 29.2 Å². The number of carbonyl (C=O) groups is 3. The van der Waals surface area contributed by atoms with Crippen molar-refractivity contribution < 1.29 is 33.3 Å². The van der Waals surface area contributed by atoms with E-state index < -0.39 is 24.0 Å². The van der Waals surface area contributed by atoms with Crippen LogP contribution in [0.15, 0.2) is 11.7 Å². The van der Waals surface area contributed by atoms with Crippen molar-refractivity contribution in [3.05, 3.63) is 16.6 Å². The number of fused-ring (bicyclic) bond motifs is 3. The summed E-state index contributed by atoms with van der Waals surface area (Å²) in [6.45, 7) is 6.79. The van der Waals surface area contributed by atoms with Crippen LogP contribution in [0.25, 0.3) is 0 Å². The van der Waals surface area contributed by atoms with Crippen LogP contribution in [0.1, 0.15) is 55.1 Å². The van der Waals surface area contributed by atoms with Crippen molar-refractivity contribution in [2.24, 2.45) is 16.7 Å². The minimum Gasteiger partial charge on any atom is -0.467 e. The van der Waals surface area contributed by atoms with Gasteiger partial charge >= 0.3 is 5.97 Å². The highest BCUT2D eigenvalue weighted by Gasteiger charge is 2.58. The van der Waals surface area contributed by atoms with Crippen LogP contribution in [0, 0.1) is 16.7 Å². The Labute approximate surface area is 245 Å². The summed E-state index contributed by atoms with van der Waals surface area (Å²) in [7, 11) is 1.32. The molecule has 1 spiro atoms. The molecule has 0 aromatic carbocycles. The van der Waals surface area contributed by atoms with E-state index in [4.69, 9.17) is 18.9 Å². The topological polar surface area (TPSA) is 120 Å². The van der Waals surface area contributed by atoms with Crippen molar-refractivity contribution in [1.82, 2.24) is 20.1 Å². The van der Waals surface area contributed by atoms with Gasteiger partial charge in [0.05, 0.1) is 56.3 Å². The first-order chi connectivity index (χ1) is 19.8. The molecule has 6 aliphatic rings. The van der Waals surface area contributed by atoms with E-state index in [9.17, 15) is 14.4 Å². The number of rotatable bonds is 10. The number of carbonyl (C=O) groups excluding carboxylic acids is 3. The lowest BCUT2D eigenvalue weighted by Gasteiger charge is -2.51. The van der Waals surface area contributed by atoms with Crippen molar-refractivity contribution in [3.8, 4) is 0 Å². The van der Waals surface area contributed by atoms with Crippen LogP contribution in [-0.2, 0) is 28.5 Å². The molecular formula is C29H42N4O7S. The number of methoxy groups -OCH3 is 1. The second-order valence-corrected chi connectivity index (χ2v) is 13.7. The first kappa shape index (κ1) is 29.0. The van der Waals surface area contributed by atoms with Gasteiger partial charge in [0.15, 0.2) is 6.04 Å². The standard InChI is InChI=1S/C29H42N4O7S/c1-19(39-16-28-7-5-20(6-8-28)40-17-28)24(27(36)37-2)31-25(34)22-12-33(26(35)23-10-30-18-41-23)15-29(22)13-32(14-29)11-21-4-3-9-38-21/h10,18-22,24H,3-9,11-17H2,1-2H3,(H,31,34)/t19-,20?,21?,22+,24+,28?/m1/s1. The second kappa shape index (κ2) is 11.9. The van der Waals surface area contributed by atoms with Crippen LogP contribution in [0.4, 0.5) is 0 Å². The van der Waals surface area contributed by atoms with Crippen LogP contribution in [0.5, 0.6) is 0 Å². The Morgan fingerprint density at radius 3 is 2.63 bits per heavy atom. The maximum Gasteiger partial charge on any atom is 0.331 e. The number of amides is 2. The molecule has 7 rings (SSSR count). The molecule has 6 heterocycles. The molecule has 11 nitrogen and oxygen atoms in total. The molecule has 41 heavy (non-hydrogen) atoms. The fraction of sp³-hybridized carbons (Fsp3) is 0.793. The molecule has 1 saturated carbocycles. The SMILES string of the molecule is COC(=O)[C@@H](NC(=O)[C@@H]1CN(C(=O)c2cncs2)CC12CN(CC1CCCO1)C2)[C@@H](C)OCC12CCC(CC1)OC2. The number of nitrogens with one attached hydrogen (secondary N) is 1. The highest BCUT2D eigenvalue weighted by Crippen LogP contribution is 2.46. The van der Waals surface area contributed by atoms with E-state index in [0.29, 0.717) is 50.4 Å². The predicted octanol–water partition coefficient (Wildman–Crippen LogP) is 1.72. The Hall–Kier alpha value is -2.12. The van der Waals surface area contributed by atoms with E-state index in [-0.39, 0.29) is 28.7 Å². The zero-order valence-electron chi connectivity index (χ0n) is 24.0. The summed E-state index contributed by atoms with van der Waals surface area (Å²) in [4.78, 5) is 48.8. The van der Waals surface area contributed by atoms with Crippen LogP contribution in [0.3, 0.4) is 0 Å². The Morgan fingerprint density at radius 2 is 2.00 bits per heavy atom. The Bertz CT molecular complexity index is 1080. The lowest BCUT2D eigenvalue weighted by molar-refractivity contribution is -0.162. The van der Waals surface area contributed by atoms with Crippen LogP contribution >= 0.6 is 11.3 Å². The molecule has 1 aliphatic carbocycles. The molecule has 0 radical (unpaired) electrons. The molecule has 12 heteroatoms. The van der Waals surface area contributed by atoms with Crippen molar-refractivity contribution in [1.29, 1.82) is 0 Å². The first-order valence-corrected chi connectivity index (χ1v) is 15.8. The summed E-state index contributed by atoms with van der Waals surface area (Å²) in [6, 6.07) is -0.948. The lowest BCUT2D eigenvalue weighted by Crippen LogP contribution is -2.64. The smallest absolute Gasteiger partial charge is 0.331 e. The molecule has 2 amide bonds. The summed E-state index contributed by atoms with van der Waals surface area (Å²) in [6.07, 6.45) is 7.90. The number of thiazole rings is 1. The lowest BCUT2D eigenvalue weighted by atomic mass is 9.71. The summed E-state index contributed by atoms with van der Waals surface area (Å²) >= 11 is 1.30. The molecule has 4 atom stereocenters. The van der Waals surface area contributed by atoms with Crippen LogP contribution in [-0.4, -0.2) is 117 Å². The average molecular weight is 591 g/mol. The van der Waals surface area contributed by atoms with Crippen molar-refractivity contribution in [2.45, 2.75) is 69.8 Å². The molecule has 5 aliphatic heterocycles. The third kappa shape index (κ3) is 5.90. The van der Waals surface area contributed by atoms with Gasteiger partial charge in [-0.1, -0.05) is 0 Å². The van der Waals surface area contributed by atoms with Gasteiger partial charge in [-0.2, -0.15) is 0 Å². The zero-order valence-corrected chi connectivity index (χ0v) is 24.9. The van der Waals surface area contributed by atoms with Crippen LogP contribution in [0.2, 0.25) is 0 Å². The van der Waals surface area contributed by atoms with E-state index in [1.54, 1.807) is 16.6 Å². The van der Waals surface area contributed by atoms with Crippen molar-refractivity contribution >= 4 is 29.1 Å². The Morgan fingerprint density at radius 1 is 1.20 bits per heavy atom. The third-order valence-corrected chi connectivity index (χ3v) is 10.7. The first-order valence-electron chi connectivity index (χ1n) is 14.9. The molecular weight excluding hydrogens is 548 g/mol. The minimum atomic E-state index is -0.948. The monoisotopic (exact) mass is 590 g/mol. The summed E-state index contributed by atoms with van der Waals surface area (Å²) < 4.78 is 23.1. The van der Waals surface area contributed by atoms with E-state index in [0.717, 1.165) is 51.7 Å². The van der Waals surface area contributed by atoms with Crippen LogP contribution < -0.4 is 5.32 Å². The van der Waals surface area contributed by atoms with Gasteiger partial charge in [-0.15, -0.1) is 11.3 Å². The maximum absolute atomic E-state index is 13.9. The summed E-state index contributed by atoms with van der Waals surface area (Å²) in [5.74, 6) is -1.35. The molecule has 5 saturated heterocycles. The van der Waals surface area contributed by atoms with Crippen molar-refractivity contribution in [2.75, 3.05) is 59.7 Å². The molecule has 226 valence electrons. The molecule has 1 unspecified atom stereocenters. The van der Waals surface area contributed by atoms with Gasteiger partial charge in [-0.25, -0.2) is 4.79 Å². The number of esters is 1. The van der Waals surface area contributed by atoms with Gasteiger partial charge in [0, 0.05) is 50.2 Å². The quantitative estimate of drug-likeness (QED) is 0.406. The number of hydrogen-bond acceptors (Lipinski definition) is 10. The third-order valence-electron chi connectivity index (χ3n) is 9.95. The summed E-state index contributed by atoms with van der Waals surface area (Å²) in [5.41, 5.74) is 1.23. The maximum atomic E-state index is 13.9. The largest absolute Gasteiger partial charge is 0.467 e. The zero-order chi connectivity index (χ0) is 28.6. The molecule has 1 N–H and O–H groups in total. The number of hydrogen-bond donors (Lipinski definition) is 1. The summed E-state index contributed by atoms with van der Waals surface area (Å²) in [5, 5.41) is 2.98. The second-order valence-electron chi connectivity index (χ2n) is 12.8. The van der Waals surface area contributed by atoms with Gasteiger partial charge in [-0.3, -0.25) is 19.5 Å². The van der Waals surface area contributed by atoms with E-state index in [2.05, 4.69) is 15.2 Å². The van der Waals surface area contributed by atoms with Crippen molar-refractivity contribution in [3.63, 3.8) is 0 Å². The number of ether oxygens (including phenoxy) is 4. The van der Waals surface area contributed by atoms with Gasteiger partial charge in [-0.05, 0) is 45.4 Å². The highest BCUT2D eigenvalue weighted by molar-refractivity contribution is 7.11. The van der Waals surface area contributed by atoms with E-state index in [1.807, 2.05) is 6.92 Å². The molecule has 1 aromatic rings. The Kier molecular flexibility index (Phi) is 8.39. The van der Waals surface area contributed by atoms with E-state index >= 15 is 0 Å². The Balaban J connectivity index is 1.13. The minimum absolute atomic E-state index is 0.0286. The fourth-order valence-electron chi connectivity index (χ4n) is 7.48. The number of aromatic nitrogens is 1. The van der Waals surface area contributed by atoms with Gasteiger partial charge in [0.1, 0.15) is 4.88 Å². The highest BCUT2D eigenvalue weighted by atomic mass is 32.1. The number of likely N-dealkylation sites (tertiary alicyclic amines) is 2. The van der Waals surface area contributed by atoms with Gasteiger partial charge in [0.2, 0.25) is 5.91 Å². The van der Waals surface area contributed by atoms with Gasteiger partial charge in [0.25, 0.3) is 5.91 Å². The molecule has 2 bridgehead atoms. The number of nitrogens with zero attached hydrogens (tertiary/aromatic N) is 3. The fourth-order valence-corrected chi connectivity index (χ4v) is 8.07.